The molecule has 0 aliphatic rings. The molecular formula is C13H20N2O4. The Labute approximate surface area is 112 Å². The third-order valence-corrected chi connectivity index (χ3v) is 2.55. The molecule has 0 radical (unpaired) electrons. The Bertz CT molecular complexity index is 401. The van der Waals surface area contributed by atoms with Gasteiger partial charge in [0.15, 0.2) is 0 Å². The molecule has 1 aromatic rings. The zero-order chi connectivity index (χ0) is 14.3. The number of rotatable bonds is 7. The molecule has 19 heavy (non-hydrogen) atoms. The van der Waals surface area contributed by atoms with E-state index < -0.39 is 18.0 Å². The molecule has 0 fully saturated rings. The minimum atomic E-state index is -1.02. The molecule has 0 bridgehead atoms. The van der Waals surface area contributed by atoms with Crippen molar-refractivity contribution in [1.29, 1.82) is 0 Å². The molecule has 0 unspecified atom stereocenters. The van der Waals surface area contributed by atoms with Gasteiger partial charge in [0.1, 0.15) is 11.8 Å². The smallest absolute Gasteiger partial charge is 0.326 e. The first-order valence-electron chi connectivity index (χ1n) is 6.28. The Morgan fingerprint density at radius 3 is 2.68 bits per heavy atom. The molecule has 1 aromatic heterocycles. The van der Waals surface area contributed by atoms with E-state index in [2.05, 4.69) is 10.6 Å². The molecule has 2 amide bonds. The molecule has 6 heteroatoms. The highest BCUT2D eigenvalue weighted by Crippen LogP contribution is 2.04. The first-order valence-corrected chi connectivity index (χ1v) is 6.28. The standard InChI is InChI=1S/C13H20N2O4/c1-9(2)8-11(12(16)17)15-13(18)14-6-5-10-4-3-7-19-10/h3-4,7,9,11H,5-6,8H2,1-2H3,(H,16,17)(H2,14,15,18)/t11-/m1/s1. The van der Waals surface area contributed by atoms with Crippen molar-refractivity contribution in [3.8, 4) is 0 Å². The van der Waals surface area contributed by atoms with Gasteiger partial charge in [0.25, 0.3) is 0 Å². The van der Waals surface area contributed by atoms with Crippen LogP contribution in [0.1, 0.15) is 26.0 Å². The van der Waals surface area contributed by atoms with Gasteiger partial charge in [-0.25, -0.2) is 9.59 Å². The molecule has 0 aliphatic heterocycles. The minimum absolute atomic E-state index is 0.199. The molecule has 6 nitrogen and oxygen atoms in total. The number of carboxylic acid groups (broad SMARTS) is 1. The van der Waals surface area contributed by atoms with Crippen LogP contribution in [0, 0.1) is 5.92 Å². The van der Waals surface area contributed by atoms with Crippen LogP contribution in [-0.2, 0) is 11.2 Å². The van der Waals surface area contributed by atoms with Crippen LogP contribution in [0.15, 0.2) is 22.8 Å². The zero-order valence-corrected chi connectivity index (χ0v) is 11.2. The lowest BCUT2D eigenvalue weighted by atomic mass is 10.0. The van der Waals surface area contributed by atoms with Crippen LogP contribution in [-0.4, -0.2) is 29.7 Å². The molecule has 0 aromatic carbocycles. The van der Waals surface area contributed by atoms with E-state index in [1.165, 1.54) is 0 Å². The normalized spacial score (nSPS) is 12.2. The van der Waals surface area contributed by atoms with E-state index in [-0.39, 0.29) is 5.92 Å². The Morgan fingerprint density at radius 2 is 2.16 bits per heavy atom. The fourth-order valence-corrected chi connectivity index (χ4v) is 1.66. The molecule has 0 saturated carbocycles. The van der Waals surface area contributed by atoms with Gasteiger partial charge in [-0.2, -0.15) is 0 Å². The number of hydrogen-bond donors (Lipinski definition) is 3. The van der Waals surface area contributed by atoms with Crippen molar-refractivity contribution in [3.05, 3.63) is 24.2 Å². The van der Waals surface area contributed by atoms with Crippen molar-refractivity contribution in [2.45, 2.75) is 32.7 Å². The Balaban J connectivity index is 2.30. The third kappa shape index (κ3) is 5.94. The maximum atomic E-state index is 11.6. The quantitative estimate of drug-likeness (QED) is 0.700. The summed E-state index contributed by atoms with van der Waals surface area (Å²) in [5, 5.41) is 14.0. The summed E-state index contributed by atoms with van der Waals surface area (Å²) in [5.74, 6) is -0.0448. The van der Waals surface area contributed by atoms with Gasteiger partial charge in [0.05, 0.1) is 6.26 Å². The largest absolute Gasteiger partial charge is 0.480 e. The molecular weight excluding hydrogens is 248 g/mol. The number of amides is 2. The van der Waals surface area contributed by atoms with Crippen molar-refractivity contribution in [2.24, 2.45) is 5.92 Å². The Morgan fingerprint density at radius 1 is 1.42 bits per heavy atom. The van der Waals surface area contributed by atoms with Crippen LogP contribution in [0.2, 0.25) is 0 Å². The lowest BCUT2D eigenvalue weighted by Gasteiger charge is -2.16. The second-order valence-corrected chi connectivity index (χ2v) is 4.75. The lowest BCUT2D eigenvalue weighted by molar-refractivity contribution is -0.139. The number of furan rings is 1. The second kappa shape index (κ2) is 7.45. The van der Waals surface area contributed by atoms with E-state index in [0.717, 1.165) is 5.76 Å². The average Bonchev–Trinajstić information content (AvgIpc) is 2.80. The SMILES string of the molecule is CC(C)C[C@@H](NC(=O)NCCc1ccco1)C(=O)O. The summed E-state index contributed by atoms with van der Waals surface area (Å²) in [6.45, 7) is 4.21. The van der Waals surface area contributed by atoms with Crippen LogP contribution >= 0.6 is 0 Å². The van der Waals surface area contributed by atoms with E-state index in [1.807, 2.05) is 19.9 Å². The van der Waals surface area contributed by atoms with E-state index in [4.69, 9.17) is 9.52 Å². The average molecular weight is 268 g/mol. The molecule has 1 atom stereocenters. The molecule has 0 spiro atoms. The minimum Gasteiger partial charge on any atom is -0.480 e. The van der Waals surface area contributed by atoms with Crippen LogP contribution in [0.5, 0.6) is 0 Å². The van der Waals surface area contributed by atoms with Gasteiger partial charge in [-0.3, -0.25) is 0 Å². The summed E-state index contributed by atoms with van der Waals surface area (Å²) in [7, 11) is 0. The Hall–Kier alpha value is -1.98. The van der Waals surface area contributed by atoms with Crippen molar-refractivity contribution in [1.82, 2.24) is 10.6 Å². The van der Waals surface area contributed by atoms with Crippen LogP contribution in [0.4, 0.5) is 4.79 Å². The van der Waals surface area contributed by atoms with E-state index in [1.54, 1.807) is 12.3 Å². The molecule has 0 aliphatic carbocycles. The van der Waals surface area contributed by atoms with Gasteiger partial charge in [-0.05, 0) is 24.5 Å². The number of urea groups is 1. The van der Waals surface area contributed by atoms with Crippen molar-refractivity contribution >= 4 is 12.0 Å². The summed E-state index contributed by atoms with van der Waals surface area (Å²) in [6.07, 6.45) is 2.54. The number of carbonyl (C=O) groups is 2. The number of aliphatic carboxylic acids is 1. The predicted octanol–water partition coefficient (Wildman–Crippen LogP) is 1.62. The fraction of sp³-hybridized carbons (Fsp3) is 0.538. The second-order valence-electron chi connectivity index (χ2n) is 4.75. The van der Waals surface area contributed by atoms with Crippen LogP contribution < -0.4 is 10.6 Å². The van der Waals surface area contributed by atoms with Gasteiger partial charge in [0, 0.05) is 13.0 Å². The van der Waals surface area contributed by atoms with Gasteiger partial charge in [0.2, 0.25) is 0 Å². The van der Waals surface area contributed by atoms with E-state index in [9.17, 15) is 9.59 Å². The van der Waals surface area contributed by atoms with Gasteiger partial charge in [-0.1, -0.05) is 13.8 Å². The number of carbonyl (C=O) groups excluding carboxylic acids is 1. The molecule has 3 N–H and O–H groups in total. The summed E-state index contributed by atoms with van der Waals surface area (Å²) < 4.78 is 5.12. The number of nitrogens with one attached hydrogen (secondary N) is 2. The molecule has 1 heterocycles. The number of hydrogen-bond acceptors (Lipinski definition) is 3. The summed E-state index contributed by atoms with van der Waals surface area (Å²) in [4.78, 5) is 22.5. The molecule has 1 rings (SSSR count). The molecule has 106 valence electrons. The predicted molar refractivity (Wildman–Crippen MR) is 69.8 cm³/mol. The van der Waals surface area contributed by atoms with Crippen molar-refractivity contribution in [2.75, 3.05) is 6.54 Å². The van der Waals surface area contributed by atoms with Gasteiger partial charge in [-0.15, -0.1) is 0 Å². The highest BCUT2D eigenvalue weighted by Gasteiger charge is 2.20. The number of carboxylic acids is 1. The van der Waals surface area contributed by atoms with Gasteiger partial charge < -0.3 is 20.2 Å². The highest BCUT2D eigenvalue weighted by atomic mass is 16.4. The van der Waals surface area contributed by atoms with Gasteiger partial charge >= 0.3 is 12.0 Å². The monoisotopic (exact) mass is 268 g/mol. The lowest BCUT2D eigenvalue weighted by Crippen LogP contribution is -2.47. The van der Waals surface area contributed by atoms with Crippen molar-refractivity contribution < 1.29 is 19.1 Å². The fourth-order valence-electron chi connectivity index (χ4n) is 1.66. The van der Waals surface area contributed by atoms with E-state index in [0.29, 0.717) is 19.4 Å². The maximum absolute atomic E-state index is 11.6. The third-order valence-electron chi connectivity index (χ3n) is 2.55. The summed E-state index contributed by atoms with van der Waals surface area (Å²) >= 11 is 0. The van der Waals surface area contributed by atoms with Crippen LogP contribution in [0.25, 0.3) is 0 Å². The zero-order valence-electron chi connectivity index (χ0n) is 11.2. The Kier molecular flexibility index (Phi) is 5.92. The molecule has 0 saturated heterocycles. The summed E-state index contributed by atoms with van der Waals surface area (Å²) in [6, 6.07) is 2.26. The maximum Gasteiger partial charge on any atom is 0.326 e. The topological polar surface area (TPSA) is 91.6 Å². The highest BCUT2D eigenvalue weighted by molar-refractivity contribution is 5.82. The van der Waals surface area contributed by atoms with Crippen LogP contribution in [0.3, 0.4) is 0 Å². The van der Waals surface area contributed by atoms with E-state index >= 15 is 0 Å². The summed E-state index contributed by atoms with van der Waals surface area (Å²) in [5.41, 5.74) is 0. The first-order chi connectivity index (χ1) is 8.99. The first kappa shape index (κ1) is 15.1. The van der Waals surface area contributed by atoms with Crippen molar-refractivity contribution in [3.63, 3.8) is 0 Å².